The van der Waals surface area contributed by atoms with Gasteiger partial charge in [0.2, 0.25) is 0 Å². The van der Waals surface area contributed by atoms with E-state index in [2.05, 4.69) is 12.2 Å². The second-order valence-corrected chi connectivity index (χ2v) is 6.49. The van der Waals surface area contributed by atoms with Crippen LogP contribution in [0.3, 0.4) is 0 Å². The van der Waals surface area contributed by atoms with Gasteiger partial charge < -0.3 is 10.4 Å². The molecule has 1 heterocycles. The summed E-state index contributed by atoms with van der Waals surface area (Å²) in [6, 6.07) is 1.76. The quantitative estimate of drug-likeness (QED) is 0.820. The summed E-state index contributed by atoms with van der Waals surface area (Å²) in [6.07, 6.45) is 7.30. The number of carboxylic acids is 1. The first-order valence-corrected chi connectivity index (χ1v) is 7.65. The largest absolute Gasteiger partial charge is 0.478 e. The second-order valence-electron chi connectivity index (χ2n) is 5.58. The van der Waals surface area contributed by atoms with Crippen LogP contribution in [0.15, 0.2) is 17.5 Å². The van der Waals surface area contributed by atoms with Crippen LogP contribution in [0.1, 0.15) is 47.8 Å². The minimum absolute atomic E-state index is 0.113. The fraction of sp³-hybridized carbons (Fsp3) is 0.467. The molecule has 2 rings (SSSR count). The van der Waals surface area contributed by atoms with Gasteiger partial charge in [0.25, 0.3) is 5.91 Å². The van der Waals surface area contributed by atoms with Gasteiger partial charge in [0.1, 0.15) is 0 Å². The van der Waals surface area contributed by atoms with E-state index in [0.29, 0.717) is 17.0 Å². The number of nitrogens with one attached hydrogen (secondary N) is 1. The first kappa shape index (κ1) is 14.8. The molecule has 2 N–H and O–H groups in total. The zero-order valence-electron chi connectivity index (χ0n) is 11.5. The van der Waals surface area contributed by atoms with E-state index in [-0.39, 0.29) is 11.3 Å². The summed E-state index contributed by atoms with van der Waals surface area (Å²) in [5.41, 5.74) is 0.871. The highest BCUT2D eigenvalue weighted by molar-refractivity contribution is 7.12. The molecular formula is C15H19NO3S. The lowest BCUT2D eigenvalue weighted by Crippen LogP contribution is -2.33. The minimum atomic E-state index is -1.01. The Labute approximate surface area is 122 Å². The van der Waals surface area contributed by atoms with Gasteiger partial charge in [-0.05, 0) is 41.3 Å². The molecule has 1 fully saturated rings. The van der Waals surface area contributed by atoms with Crippen LogP contribution >= 0.6 is 11.3 Å². The molecule has 0 bridgehead atoms. The zero-order valence-corrected chi connectivity index (χ0v) is 12.3. The van der Waals surface area contributed by atoms with Crippen molar-refractivity contribution >= 4 is 29.3 Å². The molecule has 0 radical (unpaired) electrons. The number of hydrogen-bond acceptors (Lipinski definition) is 3. The Bertz CT molecular complexity index is 527. The summed E-state index contributed by atoms with van der Waals surface area (Å²) < 4.78 is 0. The Kier molecular flexibility index (Phi) is 4.60. The number of thiophene rings is 1. The summed E-state index contributed by atoms with van der Waals surface area (Å²) in [4.78, 5) is 23.3. The highest BCUT2D eigenvalue weighted by atomic mass is 32.1. The van der Waals surface area contributed by atoms with Gasteiger partial charge in [0.05, 0.1) is 4.88 Å². The maximum atomic E-state index is 12.2. The first-order chi connectivity index (χ1) is 9.50. The molecule has 1 saturated carbocycles. The van der Waals surface area contributed by atoms with Gasteiger partial charge in [-0.25, -0.2) is 4.79 Å². The Hall–Kier alpha value is -1.62. The molecule has 0 saturated heterocycles. The molecule has 1 aliphatic rings. The second kappa shape index (κ2) is 6.22. The number of aliphatic carboxylic acids is 1. The highest BCUT2D eigenvalue weighted by Crippen LogP contribution is 2.36. The molecule has 1 amide bonds. The molecule has 108 valence electrons. The van der Waals surface area contributed by atoms with Crippen LogP contribution in [0.5, 0.6) is 0 Å². The summed E-state index contributed by atoms with van der Waals surface area (Å²) in [5, 5.41) is 13.4. The number of rotatable bonds is 5. The van der Waals surface area contributed by atoms with Crippen molar-refractivity contribution in [3.63, 3.8) is 0 Å². The number of carbonyl (C=O) groups excluding carboxylic acids is 1. The molecule has 20 heavy (non-hydrogen) atoms. The maximum Gasteiger partial charge on any atom is 0.328 e. The van der Waals surface area contributed by atoms with Crippen molar-refractivity contribution in [1.82, 2.24) is 5.32 Å². The summed E-state index contributed by atoms with van der Waals surface area (Å²) in [7, 11) is 0. The lowest BCUT2D eigenvalue weighted by Gasteiger charge is -2.23. The van der Waals surface area contributed by atoms with Crippen LogP contribution in [-0.2, 0) is 4.79 Å². The third-order valence-electron chi connectivity index (χ3n) is 3.79. The summed E-state index contributed by atoms with van der Waals surface area (Å²) >= 11 is 1.33. The van der Waals surface area contributed by atoms with E-state index >= 15 is 0 Å². The molecular weight excluding hydrogens is 274 g/mol. The number of amides is 1. The lowest BCUT2D eigenvalue weighted by atomic mass is 9.89. The van der Waals surface area contributed by atoms with E-state index in [4.69, 9.17) is 5.11 Å². The van der Waals surface area contributed by atoms with Crippen molar-refractivity contribution in [2.45, 2.75) is 32.6 Å². The fourth-order valence-electron chi connectivity index (χ4n) is 2.58. The van der Waals surface area contributed by atoms with Crippen molar-refractivity contribution in [1.29, 1.82) is 0 Å². The van der Waals surface area contributed by atoms with E-state index in [1.54, 1.807) is 11.4 Å². The highest BCUT2D eigenvalue weighted by Gasteiger charge is 2.29. The molecule has 1 aliphatic carbocycles. The van der Waals surface area contributed by atoms with Gasteiger partial charge in [0, 0.05) is 12.6 Å². The number of hydrogen-bond donors (Lipinski definition) is 2. The Morgan fingerprint density at radius 2 is 2.15 bits per heavy atom. The van der Waals surface area contributed by atoms with Gasteiger partial charge in [-0.15, -0.1) is 11.3 Å². The summed E-state index contributed by atoms with van der Waals surface area (Å²) in [5.74, 6) is -1.13. The summed E-state index contributed by atoms with van der Waals surface area (Å²) in [6.45, 7) is 2.89. The van der Waals surface area contributed by atoms with Gasteiger partial charge in [0.15, 0.2) is 0 Å². The molecule has 4 nitrogen and oxygen atoms in total. The third-order valence-corrected chi connectivity index (χ3v) is 4.72. The number of carboxylic acid groups (broad SMARTS) is 1. The molecule has 0 spiro atoms. The predicted octanol–water partition coefficient (Wildman–Crippen LogP) is 3.16. The van der Waals surface area contributed by atoms with Crippen LogP contribution in [0.2, 0.25) is 0 Å². The van der Waals surface area contributed by atoms with Crippen molar-refractivity contribution in [3.8, 4) is 0 Å². The van der Waals surface area contributed by atoms with Crippen LogP contribution in [0.25, 0.3) is 6.08 Å². The Morgan fingerprint density at radius 3 is 2.80 bits per heavy atom. The number of carbonyl (C=O) groups is 2. The Balaban J connectivity index is 1.99. The zero-order chi connectivity index (χ0) is 14.6. The van der Waals surface area contributed by atoms with E-state index in [0.717, 1.165) is 18.9 Å². The van der Waals surface area contributed by atoms with Gasteiger partial charge in [-0.3, -0.25) is 4.79 Å². The van der Waals surface area contributed by atoms with E-state index in [9.17, 15) is 9.59 Å². The van der Waals surface area contributed by atoms with Crippen LogP contribution in [0.4, 0.5) is 0 Å². The molecule has 0 aromatic carbocycles. The average Bonchev–Trinajstić information content (AvgIpc) is 3.03. The topological polar surface area (TPSA) is 66.4 Å². The van der Waals surface area contributed by atoms with Gasteiger partial charge >= 0.3 is 5.97 Å². The predicted molar refractivity (Wildman–Crippen MR) is 79.9 cm³/mol. The smallest absolute Gasteiger partial charge is 0.328 e. The van der Waals surface area contributed by atoms with Crippen molar-refractivity contribution < 1.29 is 14.7 Å². The lowest BCUT2D eigenvalue weighted by molar-refractivity contribution is -0.131. The third kappa shape index (κ3) is 3.70. The van der Waals surface area contributed by atoms with E-state index in [1.807, 2.05) is 0 Å². The monoisotopic (exact) mass is 293 g/mol. The van der Waals surface area contributed by atoms with Crippen molar-refractivity contribution in [2.75, 3.05) is 6.54 Å². The molecule has 0 atom stereocenters. The van der Waals surface area contributed by atoms with Crippen molar-refractivity contribution in [2.24, 2.45) is 5.41 Å². The van der Waals surface area contributed by atoms with E-state index in [1.165, 1.54) is 30.3 Å². The SMILES string of the molecule is CC1(CNC(=O)c2sccc2C=CC(=O)O)CCCC1. The van der Waals surface area contributed by atoms with Gasteiger partial charge in [-0.2, -0.15) is 0 Å². The average molecular weight is 293 g/mol. The maximum absolute atomic E-state index is 12.2. The van der Waals surface area contributed by atoms with Crippen LogP contribution in [-0.4, -0.2) is 23.5 Å². The molecule has 1 aromatic rings. The normalized spacial score (nSPS) is 17.4. The standard InChI is InChI=1S/C15H19NO3S/c1-15(7-2-3-8-15)10-16-14(19)13-11(6-9-20-13)4-5-12(17)18/h4-6,9H,2-3,7-8,10H2,1H3,(H,16,19)(H,17,18). The molecule has 0 unspecified atom stereocenters. The van der Waals surface area contributed by atoms with Crippen molar-refractivity contribution in [3.05, 3.63) is 28.0 Å². The molecule has 0 aliphatic heterocycles. The molecule has 5 heteroatoms. The Morgan fingerprint density at radius 1 is 1.45 bits per heavy atom. The first-order valence-electron chi connectivity index (χ1n) is 6.77. The van der Waals surface area contributed by atoms with Gasteiger partial charge in [-0.1, -0.05) is 19.8 Å². The van der Waals surface area contributed by atoms with Crippen LogP contribution in [0, 0.1) is 5.41 Å². The minimum Gasteiger partial charge on any atom is -0.478 e. The van der Waals surface area contributed by atoms with Crippen LogP contribution < -0.4 is 5.32 Å². The molecule has 1 aromatic heterocycles. The fourth-order valence-corrected chi connectivity index (χ4v) is 3.38. The van der Waals surface area contributed by atoms with E-state index < -0.39 is 5.97 Å².